The molecule has 49 heavy (non-hydrogen) atoms. The lowest BCUT2D eigenvalue weighted by atomic mass is 9.94. The number of hydrogen-bond donors (Lipinski definition) is 2. The Balaban J connectivity index is 1.20. The van der Waals surface area contributed by atoms with Gasteiger partial charge in [0.2, 0.25) is 11.8 Å². The summed E-state index contributed by atoms with van der Waals surface area (Å²) in [5.41, 5.74) is 10.2. The quantitative estimate of drug-likeness (QED) is 0.267. The third-order valence-corrected chi connectivity index (χ3v) is 10.6. The summed E-state index contributed by atoms with van der Waals surface area (Å²) in [4.78, 5) is 48.8. The average molecular weight is 698 g/mol. The number of carbonyl (C=O) groups excluding carboxylic acids is 2. The standard InChI is InChI=1S/C36H36ClN7O4S/c1-20-21(2)49-35-31(20)32(23-7-9-26(37)10-8-23)39-29(33-41-40-22(3)44(33)35)19-30(45)43-16-13-24(14-17-43)34(46)42(4)27-11-12-28(36(47)48)25(18-27)6-5-15-38/h7-12,18,24,29H,13-17,19,38H2,1-4H3,(H,47,48)/t29-/m0/s1. The molecule has 2 aromatic heterocycles. The Morgan fingerprint density at radius 1 is 1.08 bits per heavy atom. The molecule has 0 spiro atoms. The lowest BCUT2D eigenvalue weighted by Gasteiger charge is -2.33. The highest BCUT2D eigenvalue weighted by Crippen LogP contribution is 2.40. The number of carbonyl (C=O) groups is 3. The first-order valence-corrected chi connectivity index (χ1v) is 17.2. The topological polar surface area (TPSA) is 147 Å². The van der Waals surface area contributed by atoms with Gasteiger partial charge in [-0.1, -0.05) is 35.6 Å². The molecular formula is C36H36ClN7O4S. The van der Waals surface area contributed by atoms with Gasteiger partial charge in [-0.25, -0.2) is 4.79 Å². The molecule has 0 unspecified atom stereocenters. The first-order valence-electron chi connectivity index (χ1n) is 16.0. The van der Waals surface area contributed by atoms with Crippen LogP contribution in [0.1, 0.15) is 74.4 Å². The first-order chi connectivity index (χ1) is 23.5. The lowest BCUT2D eigenvalue weighted by Crippen LogP contribution is -2.44. The van der Waals surface area contributed by atoms with Crippen molar-refractivity contribution < 1.29 is 19.5 Å². The molecule has 2 aliphatic heterocycles. The van der Waals surface area contributed by atoms with Crippen molar-refractivity contribution in [3.8, 4) is 16.8 Å². The van der Waals surface area contributed by atoms with Crippen LogP contribution in [0.2, 0.25) is 5.02 Å². The van der Waals surface area contributed by atoms with Crippen LogP contribution in [0, 0.1) is 38.5 Å². The highest BCUT2D eigenvalue weighted by atomic mass is 35.5. The number of anilines is 1. The predicted octanol–water partition coefficient (Wildman–Crippen LogP) is 5.10. The highest BCUT2D eigenvalue weighted by Gasteiger charge is 2.35. The van der Waals surface area contributed by atoms with Gasteiger partial charge < -0.3 is 20.6 Å². The fourth-order valence-electron chi connectivity index (χ4n) is 6.38. The van der Waals surface area contributed by atoms with E-state index in [1.165, 1.54) is 15.8 Å². The van der Waals surface area contributed by atoms with Gasteiger partial charge in [0, 0.05) is 58.3 Å². The number of aryl methyl sites for hydroxylation is 2. The molecule has 252 valence electrons. The van der Waals surface area contributed by atoms with E-state index in [2.05, 4.69) is 35.9 Å². The van der Waals surface area contributed by atoms with Gasteiger partial charge in [-0.2, -0.15) is 0 Å². The minimum absolute atomic E-state index is 0.0462. The molecule has 6 rings (SSSR count). The van der Waals surface area contributed by atoms with E-state index in [0.717, 1.165) is 33.2 Å². The number of amides is 2. The van der Waals surface area contributed by atoms with Crippen LogP contribution in [0.25, 0.3) is 5.00 Å². The number of nitrogens with zero attached hydrogens (tertiary/aromatic N) is 6. The minimum Gasteiger partial charge on any atom is -0.478 e. The summed E-state index contributed by atoms with van der Waals surface area (Å²) in [6.45, 7) is 7.01. The second-order valence-corrected chi connectivity index (χ2v) is 13.8. The number of carboxylic acid groups (broad SMARTS) is 1. The fourth-order valence-corrected chi connectivity index (χ4v) is 7.72. The van der Waals surface area contributed by atoms with E-state index in [0.29, 0.717) is 48.0 Å². The van der Waals surface area contributed by atoms with Crippen molar-refractivity contribution in [3.63, 3.8) is 0 Å². The van der Waals surface area contributed by atoms with Crippen LogP contribution in [0.15, 0.2) is 47.5 Å². The van der Waals surface area contributed by atoms with Crippen molar-refractivity contribution >= 4 is 52.1 Å². The molecule has 2 aliphatic rings. The number of aromatic carboxylic acids is 1. The van der Waals surface area contributed by atoms with Gasteiger partial charge in [-0.3, -0.25) is 19.1 Å². The highest BCUT2D eigenvalue weighted by molar-refractivity contribution is 7.15. The summed E-state index contributed by atoms with van der Waals surface area (Å²) in [6.07, 6.45) is 1.09. The molecule has 2 amide bonds. The van der Waals surface area contributed by atoms with Crippen LogP contribution in [0.4, 0.5) is 5.69 Å². The normalized spacial score (nSPS) is 15.8. The molecule has 13 heteroatoms. The van der Waals surface area contributed by atoms with E-state index in [4.69, 9.17) is 22.3 Å². The minimum atomic E-state index is -1.11. The molecule has 11 nitrogen and oxygen atoms in total. The van der Waals surface area contributed by atoms with E-state index in [-0.39, 0.29) is 36.3 Å². The van der Waals surface area contributed by atoms with Crippen LogP contribution < -0.4 is 10.6 Å². The second-order valence-electron chi connectivity index (χ2n) is 12.2. The largest absolute Gasteiger partial charge is 0.478 e. The second kappa shape index (κ2) is 14.0. The summed E-state index contributed by atoms with van der Waals surface area (Å²) >= 11 is 7.89. The van der Waals surface area contributed by atoms with Gasteiger partial charge in [-0.15, -0.1) is 21.5 Å². The van der Waals surface area contributed by atoms with Gasteiger partial charge in [0.25, 0.3) is 0 Å². The third kappa shape index (κ3) is 6.62. The smallest absolute Gasteiger partial charge is 0.336 e. The molecule has 0 radical (unpaired) electrons. The van der Waals surface area contributed by atoms with Crippen LogP contribution >= 0.6 is 22.9 Å². The number of piperidine rings is 1. The maximum Gasteiger partial charge on any atom is 0.336 e. The summed E-state index contributed by atoms with van der Waals surface area (Å²) < 4.78 is 2.03. The number of rotatable bonds is 6. The van der Waals surface area contributed by atoms with Crippen molar-refractivity contribution in [2.45, 2.75) is 46.1 Å². The first kappa shape index (κ1) is 34.0. The molecule has 0 saturated carbocycles. The van der Waals surface area contributed by atoms with E-state index in [1.54, 1.807) is 35.4 Å². The predicted molar refractivity (Wildman–Crippen MR) is 190 cm³/mol. The number of aromatic nitrogens is 3. The van der Waals surface area contributed by atoms with Crippen molar-refractivity contribution in [3.05, 3.63) is 91.8 Å². The third-order valence-electron chi connectivity index (χ3n) is 9.20. The fraction of sp³-hybridized carbons (Fsp3) is 0.333. The molecule has 2 aromatic carbocycles. The molecule has 0 bridgehead atoms. The summed E-state index contributed by atoms with van der Waals surface area (Å²) in [5, 5.41) is 20.1. The van der Waals surface area contributed by atoms with E-state index in [1.807, 2.05) is 35.8 Å². The number of likely N-dealkylation sites (tertiary alicyclic amines) is 1. The van der Waals surface area contributed by atoms with Gasteiger partial charge in [-0.05, 0) is 69.5 Å². The maximum absolute atomic E-state index is 13.9. The van der Waals surface area contributed by atoms with Crippen molar-refractivity contribution in [2.24, 2.45) is 16.6 Å². The molecule has 1 atom stereocenters. The summed E-state index contributed by atoms with van der Waals surface area (Å²) in [5.74, 6) is 5.25. The molecule has 1 saturated heterocycles. The van der Waals surface area contributed by atoms with E-state index < -0.39 is 12.0 Å². The Kier molecular flexibility index (Phi) is 9.70. The van der Waals surface area contributed by atoms with Crippen LogP contribution in [0.3, 0.4) is 0 Å². The Morgan fingerprint density at radius 2 is 1.80 bits per heavy atom. The number of carboxylic acids is 1. The van der Waals surface area contributed by atoms with E-state index >= 15 is 0 Å². The molecule has 4 heterocycles. The Labute approximate surface area is 293 Å². The lowest BCUT2D eigenvalue weighted by molar-refractivity contribution is -0.135. The monoisotopic (exact) mass is 697 g/mol. The molecule has 3 N–H and O–H groups in total. The van der Waals surface area contributed by atoms with Gasteiger partial charge in [0.15, 0.2) is 5.82 Å². The molecule has 0 aliphatic carbocycles. The Bertz CT molecular complexity index is 2050. The number of fused-ring (bicyclic) bond motifs is 3. The average Bonchev–Trinajstić information content (AvgIpc) is 3.58. The molecular weight excluding hydrogens is 662 g/mol. The van der Waals surface area contributed by atoms with Crippen molar-refractivity contribution in [1.29, 1.82) is 0 Å². The number of benzene rings is 2. The zero-order valence-electron chi connectivity index (χ0n) is 27.7. The Morgan fingerprint density at radius 3 is 2.47 bits per heavy atom. The number of halogens is 1. The van der Waals surface area contributed by atoms with Crippen LogP contribution in [0.5, 0.6) is 0 Å². The van der Waals surface area contributed by atoms with Gasteiger partial charge >= 0.3 is 5.97 Å². The maximum atomic E-state index is 13.9. The van der Waals surface area contributed by atoms with Gasteiger partial charge in [0.1, 0.15) is 16.9 Å². The summed E-state index contributed by atoms with van der Waals surface area (Å²) in [7, 11) is 1.66. The summed E-state index contributed by atoms with van der Waals surface area (Å²) in [6, 6.07) is 11.6. The van der Waals surface area contributed by atoms with Gasteiger partial charge in [0.05, 0.1) is 24.2 Å². The molecule has 4 aromatic rings. The van der Waals surface area contributed by atoms with E-state index in [9.17, 15) is 19.5 Å². The van der Waals surface area contributed by atoms with Crippen LogP contribution in [-0.4, -0.2) is 74.9 Å². The number of aliphatic imine (C=N–C) groups is 1. The van der Waals surface area contributed by atoms with Crippen molar-refractivity contribution in [2.75, 3.05) is 31.6 Å². The van der Waals surface area contributed by atoms with Crippen LogP contribution in [-0.2, 0) is 9.59 Å². The number of hydrogen-bond acceptors (Lipinski definition) is 8. The zero-order valence-corrected chi connectivity index (χ0v) is 29.2. The SMILES string of the molecule is Cc1sc2c(c1C)C(c1ccc(Cl)cc1)=N[C@@H](CC(=O)N1CCC(C(=O)N(C)c3ccc(C(=O)O)c(C#CCN)c3)CC1)c1nnc(C)n1-2. The van der Waals surface area contributed by atoms with Crippen molar-refractivity contribution in [1.82, 2.24) is 19.7 Å². The zero-order chi connectivity index (χ0) is 35.0. The number of thiophene rings is 1. The molecule has 1 fully saturated rings. The Hall–Kier alpha value is -4.83. The number of nitrogens with two attached hydrogens (primary N) is 1.